The molecule has 0 aromatic heterocycles. The van der Waals surface area contributed by atoms with Gasteiger partial charge >= 0.3 is 0 Å². The zero-order chi connectivity index (χ0) is 12.9. The Bertz CT molecular complexity index is 158. The van der Waals surface area contributed by atoms with Crippen LogP contribution in [-0.4, -0.2) is 62.8 Å². The fraction of sp³-hybridized carbons (Fsp3) is 1.00. The predicted octanol–water partition coefficient (Wildman–Crippen LogP) is 2.08. The standard InChI is InChI=1S/C13H30N2OS/c1-5-6-10-16-11-8-14-7-9-15(3)13(2)12-17-4/h13-14H,5-12H2,1-4H3. The van der Waals surface area contributed by atoms with Crippen LogP contribution < -0.4 is 5.32 Å². The lowest BCUT2D eigenvalue weighted by Gasteiger charge is -2.24. The summed E-state index contributed by atoms with van der Waals surface area (Å²) >= 11 is 1.91. The highest BCUT2D eigenvalue weighted by atomic mass is 32.2. The summed E-state index contributed by atoms with van der Waals surface area (Å²) < 4.78 is 5.49. The molecule has 0 aliphatic carbocycles. The Hall–Kier alpha value is 0.230. The third-order valence-corrected chi connectivity index (χ3v) is 3.68. The second-order valence-electron chi connectivity index (χ2n) is 4.50. The summed E-state index contributed by atoms with van der Waals surface area (Å²) in [7, 11) is 2.19. The molecule has 0 aliphatic heterocycles. The third-order valence-electron chi connectivity index (χ3n) is 2.87. The zero-order valence-corrected chi connectivity index (χ0v) is 12.8. The monoisotopic (exact) mass is 262 g/mol. The van der Waals surface area contributed by atoms with Gasteiger partial charge < -0.3 is 15.0 Å². The molecule has 0 rings (SSSR count). The Morgan fingerprint density at radius 2 is 2.06 bits per heavy atom. The number of hydrogen-bond donors (Lipinski definition) is 1. The van der Waals surface area contributed by atoms with E-state index in [4.69, 9.17) is 4.74 Å². The summed E-state index contributed by atoms with van der Waals surface area (Å²) in [6, 6.07) is 0.660. The number of hydrogen-bond acceptors (Lipinski definition) is 4. The van der Waals surface area contributed by atoms with Crippen LogP contribution in [0.15, 0.2) is 0 Å². The minimum atomic E-state index is 0.660. The average Bonchev–Trinajstić information content (AvgIpc) is 2.32. The van der Waals surface area contributed by atoms with E-state index < -0.39 is 0 Å². The minimum Gasteiger partial charge on any atom is -0.380 e. The van der Waals surface area contributed by atoms with Crippen molar-refractivity contribution in [3.8, 4) is 0 Å². The molecule has 104 valence electrons. The lowest BCUT2D eigenvalue weighted by molar-refractivity contribution is 0.132. The smallest absolute Gasteiger partial charge is 0.0590 e. The van der Waals surface area contributed by atoms with E-state index in [0.29, 0.717) is 6.04 Å². The first-order valence-corrected chi connectivity index (χ1v) is 8.09. The van der Waals surface area contributed by atoms with Crippen molar-refractivity contribution < 1.29 is 4.74 Å². The van der Waals surface area contributed by atoms with Crippen LogP contribution in [0.25, 0.3) is 0 Å². The van der Waals surface area contributed by atoms with Crippen LogP contribution in [0.3, 0.4) is 0 Å². The molecule has 4 heteroatoms. The molecule has 17 heavy (non-hydrogen) atoms. The van der Waals surface area contributed by atoms with Gasteiger partial charge in [0, 0.05) is 38.0 Å². The second kappa shape index (κ2) is 12.7. The quantitative estimate of drug-likeness (QED) is 0.544. The van der Waals surface area contributed by atoms with Gasteiger partial charge in [-0.2, -0.15) is 11.8 Å². The van der Waals surface area contributed by atoms with Crippen molar-refractivity contribution in [1.29, 1.82) is 0 Å². The Morgan fingerprint density at radius 1 is 1.29 bits per heavy atom. The maximum absolute atomic E-state index is 5.49. The number of ether oxygens (including phenoxy) is 1. The highest BCUT2D eigenvalue weighted by Crippen LogP contribution is 2.02. The van der Waals surface area contributed by atoms with Gasteiger partial charge in [0.15, 0.2) is 0 Å². The molecule has 0 saturated carbocycles. The second-order valence-corrected chi connectivity index (χ2v) is 5.41. The van der Waals surface area contributed by atoms with Crippen LogP contribution in [0, 0.1) is 0 Å². The van der Waals surface area contributed by atoms with Crippen LogP contribution in [-0.2, 0) is 4.74 Å². The van der Waals surface area contributed by atoms with Gasteiger partial charge in [0.1, 0.15) is 0 Å². The van der Waals surface area contributed by atoms with E-state index in [1.165, 1.54) is 18.6 Å². The van der Waals surface area contributed by atoms with Crippen molar-refractivity contribution in [2.75, 3.05) is 51.9 Å². The Labute approximate surface area is 112 Å². The summed E-state index contributed by atoms with van der Waals surface area (Å²) in [6.45, 7) is 9.34. The summed E-state index contributed by atoms with van der Waals surface area (Å²) in [5, 5.41) is 3.42. The van der Waals surface area contributed by atoms with Gasteiger partial charge in [0.05, 0.1) is 6.61 Å². The van der Waals surface area contributed by atoms with Crippen molar-refractivity contribution in [3.63, 3.8) is 0 Å². The van der Waals surface area contributed by atoms with E-state index in [9.17, 15) is 0 Å². The van der Waals surface area contributed by atoms with Crippen molar-refractivity contribution in [3.05, 3.63) is 0 Å². The Morgan fingerprint density at radius 3 is 2.71 bits per heavy atom. The molecule has 0 aromatic rings. The number of thioether (sulfide) groups is 1. The average molecular weight is 262 g/mol. The van der Waals surface area contributed by atoms with E-state index in [2.05, 4.69) is 37.4 Å². The predicted molar refractivity (Wildman–Crippen MR) is 79.1 cm³/mol. The molecule has 0 saturated heterocycles. The topological polar surface area (TPSA) is 24.5 Å². The van der Waals surface area contributed by atoms with E-state index in [0.717, 1.165) is 32.8 Å². The number of likely N-dealkylation sites (N-methyl/N-ethyl adjacent to an activating group) is 1. The van der Waals surface area contributed by atoms with E-state index in [1.54, 1.807) is 0 Å². The lowest BCUT2D eigenvalue weighted by Crippen LogP contribution is -2.37. The normalized spacial score (nSPS) is 13.2. The first kappa shape index (κ1) is 17.2. The van der Waals surface area contributed by atoms with E-state index in [1.807, 2.05) is 11.8 Å². The maximum atomic E-state index is 5.49. The highest BCUT2D eigenvalue weighted by molar-refractivity contribution is 7.98. The molecule has 0 heterocycles. The van der Waals surface area contributed by atoms with Crippen LogP contribution in [0.4, 0.5) is 0 Å². The van der Waals surface area contributed by atoms with Gasteiger partial charge in [-0.3, -0.25) is 0 Å². The summed E-state index contributed by atoms with van der Waals surface area (Å²) in [4.78, 5) is 2.40. The minimum absolute atomic E-state index is 0.660. The molecule has 0 radical (unpaired) electrons. The molecular weight excluding hydrogens is 232 g/mol. The summed E-state index contributed by atoms with van der Waals surface area (Å²) in [5.74, 6) is 1.20. The number of nitrogens with one attached hydrogen (secondary N) is 1. The van der Waals surface area contributed by atoms with Gasteiger partial charge in [-0.1, -0.05) is 13.3 Å². The fourth-order valence-electron chi connectivity index (χ4n) is 1.46. The molecule has 0 spiro atoms. The van der Waals surface area contributed by atoms with Gasteiger partial charge in [0.2, 0.25) is 0 Å². The number of rotatable bonds is 12. The van der Waals surface area contributed by atoms with E-state index in [-0.39, 0.29) is 0 Å². The van der Waals surface area contributed by atoms with Crippen LogP contribution in [0.1, 0.15) is 26.7 Å². The van der Waals surface area contributed by atoms with Gasteiger partial charge in [-0.15, -0.1) is 0 Å². The first-order valence-electron chi connectivity index (χ1n) is 6.70. The van der Waals surface area contributed by atoms with Crippen LogP contribution in [0.2, 0.25) is 0 Å². The maximum Gasteiger partial charge on any atom is 0.0590 e. The molecule has 0 aromatic carbocycles. The van der Waals surface area contributed by atoms with Crippen molar-refractivity contribution in [2.45, 2.75) is 32.7 Å². The van der Waals surface area contributed by atoms with E-state index >= 15 is 0 Å². The molecule has 1 N–H and O–H groups in total. The molecule has 0 fully saturated rings. The van der Waals surface area contributed by atoms with Crippen molar-refractivity contribution in [2.24, 2.45) is 0 Å². The summed E-state index contributed by atoms with van der Waals surface area (Å²) in [5.41, 5.74) is 0. The van der Waals surface area contributed by atoms with Crippen molar-refractivity contribution in [1.82, 2.24) is 10.2 Å². The zero-order valence-electron chi connectivity index (χ0n) is 12.0. The Kier molecular flexibility index (Phi) is 12.9. The Balaban J connectivity index is 3.21. The van der Waals surface area contributed by atoms with Gasteiger partial charge in [-0.05, 0) is 26.6 Å². The SMILES string of the molecule is CCCCOCCNCCN(C)C(C)CSC. The molecule has 0 bridgehead atoms. The van der Waals surface area contributed by atoms with Crippen molar-refractivity contribution >= 4 is 11.8 Å². The molecule has 1 atom stereocenters. The largest absolute Gasteiger partial charge is 0.380 e. The summed E-state index contributed by atoms with van der Waals surface area (Å²) in [6.07, 6.45) is 4.55. The molecule has 3 nitrogen and oxygen atoms in total. The lowest BCUT2D eigenvalue weighted by atomic mass is 10.3. The molecule has 0 amide bonds. The van der Waals surface area contributed by atoms with Crippen LogP contribution >= 0.6 is 11.8 Å². The van der Waals surface area contributed by atoms with Gasteiger partial charge in [-0.25, -0.2) is 0 Å². The number of nitrogens with zero attached hydrogens (tertiary/aromatic N) is 1. The van der Waals surface area contributed by atoms with Gasteiger partial charge in [0.25, 0.3) is 0 Å². The molecular formula is C13H30N2OS. The van der Waals surface area contributed by atoms with Crippen LogP contribution in [0.5, 0.6) is 0 Å². The molecule has 1 unspecified atom stereocenters. The number of unbranched alkanes of at least 4 members (excludes halogenated alkanes) is 1. The molecule has 0 aliphatic rings. The highest BCUT2D eigenvalue weighted by Gasteiger charge is 2.06. The fourth-order valence-corrected chi connectivity index (χ4v) is 2.20. The third kappa shape index (κ3) is 11.1. The first-order chi connectivity index (χ1) is 8.22.